The summed E-state index contributed by atoms with van der Waals surface area (Å²) in [7, 11) is 1.20. The molecule has 0 aromatic rings. The van der Waals surface area contributed by atoms with Crippen molar-refractivity contribution in [1.29, 1.82) is 0 Å². The summed E-state index contributed by atoms with van der Waals surface area (Å²) < 4.78 is 4.51. The molecule has 0 radical (unpaired) electrons. The van der Waals surface area contributed by atoms with E-state index in [9.17, 15) is 19.5 Å². The standard InChI is InChI=1S/C14H22N2O6/c1-8(2)10(15-13(20)21-3)11(17)16-9(12(18)19)7-14(22-16)5-4-6-14/h8-10H,4-7H2,1-3H3,(H,15,20)(H,18,19)/t9?,10-/m0/s1. The third kappa shape index (κ3) is 3.01. The number of ether oxygens (including phenoxy) is 1. The Morgan fingerprint density at radius 3 is 2.41 bits per heavy atom. The Morgan fingerprint density at radius 2 is 2.00 bits per heavy atom. The van der Waals surface area contributed by atoms with Gasteiger partial charge in [-0.1, -0.05) is 13.8 Å². The average Bonchev–Trinajstić information content (AvgIpc) is 2.84. The summed E-state index contributed by atoms with van der Waals surface area (Å²) in [5.41, 5.74) is -0.536. The molecule has 1 saturated carbocycles. The molecule has 1 saturated heterocycles. The van der Waals surface area contributed by atoms with E-state index in [0.29, 0.717) is 0 Å². The largest absolute Gasteiger partial charge is 0.480 e. The molecule has 1 unspecified atom stereocenters. The molecule has 0 aromatic carbocycles. The van der Waals surface area contributed by atoms with Crippen molar-refractivity contribution in [3.8, 4) is 0 Å². The van der Waals surface area contributed by atoms with Gasteiger partial charge in [0.1, 0.15) is 6.04 Å². The molecule has 124 valence electrons. The number of amides is 2. The maximum Gasteiger partial charge on any atom is 0.407 e. The van der Waals surface area contributed by atoms with Gasteiger partial charge >= 0.3 is 12.1 Å². The highest BCUT2D eigenvalue weighted by Gasteiger charge is 2.54. The molecule has 2 atom stereocenters. The summed E-state index contributed by atoms with van der Waals surface area (Å²) in [6.45, 7) is 3.51. The predicted octanol–water partition coefficient (Wildman–Crippen LogP) is 0.907. The minimum absolute atomic E-state index is 0.234. The Bertz CT molecular complexity index is 474. The van der Waals surface area contributed by atoms with Gasteiger partial charge in [-0.2, -0.15) is 0 Å². The third-order valence-corrected chi connectivity index (χ3v) is 4.30. The van der Waals surface area contributed by atoms with E-state index in [1.54, 1.807) is 13.8 Å². The second-order valence-corrected chi connectivity index (χ2v) is 6.21. The lowest BCUT2D eigenvalue weighted by Crippen LogP contribution is -2.53. The number of methoxy groups -OCH3 is 1. The van der Waals surface area contributed by atoms with Gasteiger partial charge in [0.15, 0.2) is 6.04 Å². The molecule has 0 bridgehead atoms. The van der Waals surface area contributed by atoms with Crippen LogP contribution in [0.4, 0.5) is 4.79 Å². The zero-order valence-electron chi connectivity index (χ0n) is 13.0. The molecule has 0 aromatic heterocycles. The maximum atomic E-state index is 12.6. The molecular weight excluding hydrogens is 292 g/mol. The Morgan fingerprint density at radius 1 is 1.36 bits per heavy atom. The monoisotopic (exact) mass is 314 g/mol. The first-order chi connectivity index (χ1) is 10.3. The van der Waals surface area contributed by atoms with Crippen LogP contribution in [0.3, 0.4) is 0 Å². The van der Waals surface area contributed by atoms with Crippen LogP contribution in [0.2, 0.25) is 0 Å². The van der Waals surface area contributed by atoms with Gasteiger partial charge in [0, 0.05) is 6.42 Å². The van der Waals surface area contributed by atoms with Crippen molar-refractivity contribution < 1.29 is 29.1 Å². The van der Waals surface area contributed by atoms with E-state index in [1.165, 1.54) is 7.11 Å². The Hall–Kier alpha value is -1.83. The zero-order valence-corrected chi connectivity index (χ0v) is 13.0. The third-order valence-electron chi connectivity index (χ3n) is 4.30. The number of nitrogens with one attached hydrogen (secondary N) is 1. The quantitative estimate of drug-likeness (QED) is 0.799. The smallest absolute Gasteiger partial charge is 0.407 e. The van der Waals surface area contributed by atoms with E-state index >= 15 is 0 Å². The van der Waals surface area contributed by atoms with Crippen molar-refractivity contribution in [2.24, 2.45) is 5.92 Å². The number of alkyl carbamates (subject to hydrolysis) is 1. The number of hydrogen-bond donors (Lipinski definition) is 2. The molecule has 2 N–H and O–H groups in total. The number of hydrogen-bond acceptors (Lipinski definition) is 5. The number of carbonyl (C=O) groups excluding carboxylic acids is 2. The van der Waals surface area contributed by atoms with Crippen LogP contribution in [-0.2, 0) is 19.2 Å². The van der Waals surface area contributed by atoms with E-state index < -0.39 is 35.7 Å². The van der Waals surface area contributed by atoms with Crippen molar-refractivity contribution in [2.45, 2.75) is 57.2 Å². The first-order valence-electron chi connectivity index (χ1n) is 7.39. The summed E-state index contributed by atoms with van der Waals surface area (Å²) in [5, 5.41) is 12.7. The summed E-state index contributed by atoms with van der Waals surface area (Å²) in [4.78, 5) is 41.2. The number of aliphatic carboxylic acids is 1. The fraction of sp³-hybridized carbons (Fsp3) is 0.786. The van der Waals surface area contributed by atoms with E-state index in [1.807, 2.05) is 0 Å². The van der Waals surface area contributed by atoms with E-state index in [-0.39, 0.29) is 12.3 Å². The highest BCUT2D eigenvalue weighted by molar-refractivity contribution is 5.89. The molecule has 1 spiro atoms. The highest BCUT2D eigenvalue weighted by atomic mass is 16.7. The van der Waals surface area contributed by atoms with E-state index in [2.05, 4.69) is 10.1 Å². The van der Waals surface area contributed by atoms with E-state index in [4.69, 9.17) is 4.84 Å². The molecule has 2 fully saturated rings. The normalized spacial score (nSPS) is 24.0. The van der Waals surface area contributed by atoms with Crippen molar-refractivity contribution in [3.05, 3.63) is 0 Å². The molecule has 2 rings (SSSR count). The lowest BCUT2D eigenvalue weighted by molar-refractivity contribution is -0.230. The van der Waals surface area contributed by atoms with Crippen LogP contribution in [0, 0.1) is 5.92 Å². The SMILES string of the molecule is COC(=O)N[C@H](C(=O)N1OC2(CCC2)CC1C(=O)O)C(C)C. The van der Waals surface area contributed by atoms with Crippen LogP contribution in [-0.4, -0.2) is 52.9 Å². The fourth-order valence-corrected chi connectivity index (χ4v) is 2.83. The van der Waals surface area contributed by atoms with Gasteiger partial charge < -0.3 is 15.2 Å². The first kappa shape index (κ1) is 16.5. The lowest BCUT2D eigenvalue weighted by Gasteiger charge is -2.37. The minimum Gasteiger partial charge on any atom is -0.480 e. The number of nitrogens with zero attached hydrogens (tertiary/aromatic N) is 1. The van der Waals surface area contributed by atoms with Gasteiger partial charge in [-0.15, -0.1) is 0 Å². The van der Waals surface area contributed by atoms with Crippen molar-refractivity contribution in [3.63, 3.8) is 0 Å². The van der Waals surface area contributed by atoms with Crippen LogP contribution < -0.4 is 5.32 Å². The molecule has 1 aliphatic heterocycles. The summed E-state index contributed by atoms with van der Waals surface area (Å²) in [6, 6.07) is -1.92. The number of rotatable bonds is 4. The maximum absolute atomic E-state index is 12.6. The molecule has 2 amide bonds. The summed E-state index contributed by atoms with van der Waals surface area (Å²) in [5.74, 6) is -1.89. The van der Waals surface area contributed by atoms with E-state index in [0.717, 1.165) is 24.3 Å². The zero-order chi connectivity index (χ0) is 16.5. The second kappa shape index (κ2) is 6.12. The Labute approximate surface area is 128 Å². The molecule has 22 heavy (non-hydrogen) atoms. The number of hydroxylamine groups is 2. The van der Waals surface area contributed by atoms with Crippen molar-refractivity contribution in [2.75, 3.05) is 7.11 Å². The van der Waals surface area contributed by atoms with Crippen LogP contribution in [0.15, 0.2) is 0 Å². The first-order valence-corrected chi connectivity index (χ1v) is 7.39. The average molecular weight is 314 g/mol. The molecule has 2 aliphatic rings. The van der Waals surface area contributed by atoms with Crippen molar-refractivity contribution in [1.82, 2.24) is 10.4 Å². The highest BCUT2D eigenvalue weighted by Crippen LogP contribution is 2.46. The van der Waals surface area contributed by atoms with Crippen molar-refractivity contribution >= 4 is 18.0 Å². The van der Waals surface area contributed by atoms with Crippen LogP contribution >= 0.6 is 0 Å². The van der Waals surface area contributed by atoms with Gasteiger partial charge in [0.25, 0.3) is 5.91 Å². The molecule has 8 heteroatoms. The van der Waals surface area contributed by atoms with Gasteiger partial charge in [0.05, 0.1) is 12.7 Å². The minimum atomic E-state index is -1.10. The second-order valence-electron chi connectivity index (χ2n) is 6.21. The molecular formula is C14H22N2O6. The number of carbonyl (C=O) groups is 3. The van der Waals surface area contributed by atoms with Crippen LogP contribution in [0.25, 0.3) is 0 Å². The fourth-order valence-electron chi connectivity index (χ4n) is 2.83. The lowest BCUT2D eigenvalue weighted by atomic mass is 9.77. The number of carboxylic acids is 1. The van der Waals surface area contributed by atoms with Gasteiger partial charge in [-0.05, 0) is 25.2 Å². The molecule has 1 heterocycles. The predicted molar refractivity (Wildman–Crippen MR) is 74.7 cm³/mol. The summed E-state index contributed by atoms with van der Waals surface area (Å²) >= 11 is 0. The van der Waals surface area contributed by atoms with Crippen LogP contribution in [0.1, 0.15) is 39.5 Å². The Kier molecular flexibility index (Phi) is 4.60. The van der Waals surface area contributed by atoms with Gasteiger partial charge in [0.2, 0.25) is 0 Å². The molecule has 8 nitrogen and oxygen atoms in total. The van der Waals surface area contributed by atoms with Gasteiger partial charge in [-0.3, -0.25) is 9.63 Å². The van der Waals surface area contributed by atoms with Gasteiger partial charge in [-0.25, -0.2) is 14.7 Å². The van der Waals surface area contributed by atoms with Crippen LogP contribution in [0.5, 0.6) is 0 Å². The topological polar surface area (TPSA) is 105 Å². The molecule has 1 aliphatic carbocycles. The Balaban J connectivity index is 2.16. The number of carboxylic acid groups (broad SMARTS) is 1. The summed E-state index contributed by atoms with van der Waals surface area (Å²) in [6.07, 6.45) is 2.00.